The van der Waals surface area contributed by atoms with Crippen LogP contribution < -0.4 is 10.6 Å². The summed E-state index contributed by atoms with van der Waals surface area (Å²) in [4.78, 5) is 0. The van der Waals surface area contributed by atoms with E-state index in [2.05, 4.69) is 63.6 Å². The number of fused-ring (bicyclic) bond motifs is 1. The van der Waals surface area contributed by atoms with Crippen LogP contribution in [-0.4, -0.2) is 12.7 Å². The number of hydrogen-bond acceptors (Lipinski definition) is 2. The topological polar surface area (TPSA) is 24.1 Å². The molecule has 2 saturated heterocycles. The molecule has 20 heavy (non-hydrogen) atoms. The van der Waals surface area contributed by atoms with E-state index in [4.69, 9.17) is 0 Å². The van der Waals surface area contributed by atoms with Gasteiger partial charge in [-0.15, -0.1) is 0 Å². The van der Waals surface area contributed by atoms with Crippen LogP contribution in [0.3, 0.4) is 0 Å². The van der Waals surface area contributed by atoms with Crippen LogP contribution >= 0.6 is 0 Å². The quantitative estimate of drug-likeness (QED) is 0.800. The highest BCUT2D eigenvalue weighted by molar-refractivity contribution is 5.47. The average molecular weight is 272 g/mol. The average Bonchev–Trinajstić information content (AvgIpc) is 2.65. The molecule has 0 aromatic rings. The van der Waals surface area contributed by atoms with Gasteiger partial charge in [-0.2, -0.15) is 0 Å². The second kappa shape index (κ2) is 5.25. The lowest BCUT2D eigenvalue weighted by Crippen LogP contribution is -2.59. The Bertz CT molecular complexity index is 464. The summed E-state index contributed by atoms with van der Waals surface area (Å²) in [5.41, 5.74) is 2.80. The van der Waals surface area contributed by atoms with E-state index < -0.39 is 0 Å². The molecule has 2 fully saturated rings. The van der Waals surface area contributed by atoms with Crippen LogP contribution in [0.1, 0.15) is 34.1 Å². The Morgan fingerprint density at radius 2 is 1.85 bits per heavy atom. The normalized spacial score (nSPS) is 37.6. The maximum absolute atomic E-state index is 3.91. The first-order chi connectivity index (χ1) is 9.36. The van der Waals surface area contributed by atoms with Crippen molar-refractivity contribution in [3.63, 3.8) is 0 Å². The van der Waals surface area contributed by atoms with Gasteiger partial charge in [-0.1, -0.05) is 59.1 Å². The molecule has 0 aromatic heterocycles. The summed E-state index contributed by atoms with van der Waals surface area (Å²) in [6, 6.07) is 0. The van der Waals surface area contributed by atoms with Crippen LogP contribution in [0.15, 0.2) is 48.7 Å². The zero-order valence-electron chi connectivity index (χ0n) is 13.3. The first-order valence-electron chi connectivity index (χ1n) is 7.53. The molecule has 0 aromatic carbocycles. The molecule has 3 unspecified atom stereocenters. The minimum Gasteiger partial charge on any atom is -0.369 e. The summed E-state index contributed by atoms with van der Waals surface area (Å²) in [6.07, 6.45) is 9.49. The van der Waals surface area contributed by atoms with E-state index in [9.17, 15) is 0 Å². The maximum Gasteiger partial charge on any atom is 0.0873 e. The summed E-state index contributed by atoms with van der Waals surface area (Å²) in [5, 5.41) is 7.35. The fourth-order valence-corrected chi connectivity index (χ4v) is 3.90. The van der Waals surface area contributed by atoms with Crippen molar-refractivity contribution in [1.82, 2.24) is 10.6 Å². The molecule has 2 heterocycles. The molecule has 2 N–H and O–H groups in total. The molecule has 2 rings (SSSR count). The van der Waals surface area contributed by atoms with Gasteiger partial charge in [0.15, 0.2) is 0 Å². The molecule has 2 aliphatic rings. The van der Waals surface area contributed by atoms with Gasteiger partial charge in [-0.05, 0) is 35.9 Å². The molecule has 0 saturated carbocycles. The smallest absolute Gasteiger partial charge is 0.0873 e. The summed E-state index contributed by atoms with van der Waals surface area (Å²) in [5.74, 6) is 0.670. The van der Waals surface area contributed by atoms with Crippen molar-refractivity contribution in [1.29, 1.82) is 0 Å². The van der Waals surface area contributed by atoms with Crippen molar-refractivity contribution >= 4 is 0 Å². The molecule has 0 radical (unpaired) electrons. The van der Waals surface area contributed by atoms with Crippen LogP contribution in [0, 0.1) is 16.7 Å². The molecule has 2 nitrogen and oxygen atoms in total. The van der Waals surface area contributed by atoms with Crippen molar-refractivity contribution in [3.05, 3.63) is 48.7 Å². The lowest BCUT2D eigenvalue weighted by atomic mass is 9.57. The Kier molecular flexibility index (Phi) is 3.97. The van der Waals surface area contributed by atoms with Crippen LogP contribution in [0.25, 0.3) is 0 Å². The minimum absolute atomic E-state index is 0.0910. The summed E-state index contributed by atoms with van der Waals surface area (Å²) in [6.45, 7) is 18.2. The number of rotatable bonds is 2. The predicted octanol–water partition coefficient (Wildman–Crippen LogP) is 3.76. The fourth-order valence-electron chi connectivity index (χ4n) is 3.90. The summed E-state index contributed by atoms with van der Waals surface area (Å²) < 4.78 is 0. The van der Waals surface area contributed by atoms with E-state index in [0.29, 0.717) is 5.92 Å². The molecule has 0 amide bonds. The third kappa shape index (κ3) is 2.16. The Morgan fingerprint density at radius 3 is 2.40 bits per heavy atom. The molecule has 0 aliphatic carbocycles. The van der Waals surface area contributed by atoms with Gasteiger partial charge in [0, 0.05) is 11.1 Å². The minimum atomic E-state index is 0.0910. The van der Waals surface area contributed by atoms with Gasteiger partial charge in [0.1, 0.15) is 0 Å². The summed E-state index contributed by atoms with van der Waals surface area (Å²) >= 11 is 0. The van der Waals surface area contributed by atoms with E-state index in [-0.39, 0.29) is 17.0 Å². The van der Waals surface area contributed by atoms with E-state index in [0.717, 1.165) is 6.54 Å². The standard InChI is InChI=1S/C18H28N2/c1-7-9-14-15(10-8-2)20-16-18(14,17(4,5)6)11-13(3)12-19-16/h7-10,13,16,19-20H,1-2,11-12H2,3-6H3/b14-9+,15-10+. The zero-order valence-corrected chi connectivity index (χ0v) is 13.3. The van der Waals surface area contributed by atoms with Crippen LogP contribution in [0.5, 0.6) is 0 Å². The molecular weight excluding hydrogens is 244 g/mol. The first kappa shape index (κ1) is 15.1. The Labute approximate surface area is 123 Å². The van der Waals surface area contributed by atoms with Gasteiger partial charge in [-0.3, -0.25) is 5.32 Å². The second-order valence-corrected chi connectivity index (χ2v) is 7.15. The number of nitrogens with one attached hydrogen (secondary N) is 2. The highest BCUT2D eigenvalue weighted by Crippen LogP contribution is 2.57. The monoisotopic (exact) mass is 272 g/mol. The van der Waals surface area contributed by atoms with E-state index in [1.54, 1.807) is 0 Å². The third-order valence-electron chi connectivity index (χ3n) is 4.81. The molecular formula is C18H28N2. The van der Waals surface area contributed by atoms with Crippen molar-refractivity contribution in [2.75, 3.05) is 6.54 Å². The maximum atomic E-state index is 3.91. The largest absolute Gasteiger partial charge is 0.369 e. The van der Waals surface area contributed by atoms with Gasteiger partial charge in [0.2, 0.25) is 0 Å². The number of allylic oxidation sites excluding steroid dienone is 5. The zero-order chi connectivity index (χ0) is 15.0. The third-order valence-corrected chi connectivity index (χ3v) is 4.81. The number of piperidine rings is 1. The molecule has 0 spiro atoms. The second-order valence-electron chi connectivity index (χ2n) is 7.15. The molecule has 2 heteroatoms. The molecule has 0 bridgehead atoms. The van der Waals surface area contributed by atoms with Gasteiger partial charge in [0.25, 0.3) is 0 Å². The Morgan fingerprint density at radius 1 is 1.20 bits per heavy atom. The summed E-state index contributed by atoms with van der Waals surface area (Å²) in [7, 11) is 0. The molecule has 2 aliphatic heterocycles. The number of hydrogen-bond donors (Lipinski definition) is 2. The highest BCUT2D eigenvalue weighted by atomic mass is 15.2. The predicted molar refractivity (Wildman–Crippen MR) is 87.2 cm³/mol. The van der Waals surface area contributed by atoms with E-state index in [1.807, 2.05) is 12.2 Å². The van der Waals surface area contributed by atoms with Gasteiger partial charge < -0.3 is 5.32 Å². The lowest BCUT2D eigenvalue weighted by Gasteiger charge is -2.51. The van der Waals surface area contributed by atoms with Crippen molar-refractivity contribution < 1.29 is 0 Å². The van der Waals surface area contributed by atoms with E-state index in [1.165, 1.54) is 17.7 Å². The van der Waals surface area contributed by atoms with Crippen LogP contribution in [0.2, 0.25) is 0 Å². The van der Waals surface area contributed by atoms with E-state index >= 15 is 0 Å². The van der Waals surface area contributed by atoms with Gasteiger partial charge in [-0.25, -0.2) is 0 Å². The van der Waals surface area contributed by atoms with Crippen LogP contribution in [0.4, 0.5) is 0 Å². The highest BCUT2D eigenvalue weighted by Gasteiger charge is 2.57. The first-order valence-corrected chi connectivity index (χ1v) is 7.53. The molecule has 110 valence electrons. The Balaban J connectivity index is 2.62. The van der Waals surface area contributed by atoms with Crippen molar-refractivity contribution in [2.45, 2.75) is 40.3 Å². The van der Waals surface area contributed by atoms with Crippen molar-refractivity contribution in [2.24, 2.45) is 16.7 Å². The fraction of sp³-hybridized carbons (Fsp3) is 0.556. The van der Waals surface area contributed by atoms with Gasteiger partial charge >= 0.3 is 0 Å². The van der Waals surface area contributed by atoms with Crippen molar-refractivity contribution in [3.8, 4) is 0 Å². The van der Waals surface area contributed by atoms with Gasteiger partial charge in [0.05, 0.1) is 6.17 Å². The molecule has 3 atom stereocenters. The SMILES string of the molecule is C=C/C=C1\C(=C/C=C)NC2NCC(C)CC12C(C)(C)C. The Hall–Kier alpha value is -1.28. The van der Waals surface area contributed by atoms with Crippen LogP contribution in [-0.2, 0) is 0 Å². The lowest BCUT2D eigenvalue weighted by molar-refractivity contribution is 0.0346.